The molecule has 0 bridgehead atoms. The van der Waals surface area contributed by atoms with Gasteiger partial charge in [-0.3, -0.25) is 0 Å². The fourth-order valence-electron chi connectivity index (χ4n) is 0.823. The predicted molar refractivity (Wildman–Crippen MR) is 57.7 cm³/mol. The van der Waals surface area contributed by atoms with Crippen LogP contribution in [0, 0.1) is 5.92 Å². The standard InChI is InChI=1S/C9H21NO3S/c1-4-14(11,12)10-6-5-7-13-8-9(2)3/h9-10H,4-8H2,1-3H3. The Bertz CT molecular complexity index is 224. The van der Waals surface area contributed by atoms with Crippen molar-refractivity contribution in [2.45, 2.75) is 27.2 Å². The second kappa shape index (κ2) is 7.20. The van der Waals surface area contributed by atoms with Crippen LogP contribution < -0.4 is 4.72 Å². The van der Waals surface area contributed by atoms with Gasteiger partial charge in [-0.2, -0.15) is 0 Å². The van der Waals surface area contributed by atoms with Crippen LogP contribution in [0.1, 0.15) is 27.2 Å². The minimum absolute atomic E-state index is 0.139. The molecule has 86 valence electrons. The summed E-state index contributed by atoms with van der Waals surface area (Å²) in [6.45, 7) is 7.61. The minimum Gasteiger partial charge on any atom is -0.381 e. The molecule has 0 unspecified atom stereocenters. The highest BCUT2D eigenvalue weighted by atomic mass is 32.2. The predicted octanol–water partition coefficient (Wildman–Crippen LogP) is 0.988. The third kappa shape index (κ3) is 8.47. The zero-order valence-corrected chi connectivity index (χ0v) is 10.1. The SMILES string of the molecule is CCS(=O)(=O)NCCCOCC(C)C. The zero-order chi connectivity index (χ0) is 11.0. The Morgan fingerprint density at radius 2 is 2.00 bits per heavy atom. The summed E-state index contributed by atoms with van der Waals surface area (Å²) in [5, 5.41) is 0. The van der Waals surface area contributed by atoms with Gasteiger partial charge in [0.05, 0.1) is 5.75 Å². The Labute approximate surface area is 87.1 Å². The van der Waals surface area contributed by atoms with E-state index >= 15 is 0 Å². The number of hydrogen-bond acceptors (Lipinski definition) is 3. The van der Waals surface area contributed by atoms with Gasteiger partial charge in [0.2, 0.25) is 10.0 Å². The molecule has 0 aliphatic carbocycles. The highest BCUT2D eigenvalue weighted by Gasteiger charge is 2.04. The summed E-state index contributed by atoms with van der Waals surface area (Å²) in [7, 11) is -3.03. The van der Waals surface area contributed by atoms with Crippen LogP contribution in [0.3, 0.4) is 0 Å². The molecule has 0 aliphatic heterocycles. The van der Waals surface area contributed by atoms with Crippen LogP contribution >= 0.6 is 0 Å². The van der Waals surface area contributed by atoms with Crippen LogP contribution in [-0.2, 0) is 14.8 Å². The van der Waals surface area contributed by atoms with Crippen molar-refractivity contribution >= 4 is 10.0 Å². The van der Waals surface area contributed by atoms with Crippen molar-refractivity contribution in [1.82, 2.24) is 4.72 Å². The van der Waals surface area contributed by atoms with E-state index < -0.39 is 10.0 Å². The molecule has 0 aromatic carbocycles. The monoisotopic (exact) mass is 223 g/mol. The highest BCUT2D eigenvalue weighted by Crippen LogP contribution is 1.93. The van der Waals surface area contributed by atoms with E-state index in [0.29, 0.717) is 19.1 Å². The molecule has 0 saturated heterocycles. The van der Waals surface area contributed by atoms with Gasteiger partial charge in [0.25, 0.3) is 0 Å². The van der Waals surface area contributed by atoms with E-state index in [4.69, 9.17) is 4.74 Å². The Morgan fingerprint density at radius 3 is 2.50 bits per heavy atom. The fourth-order valence-corrected chi connectivity index (χ4v) is 1.48. The highest BCUT2D eigenvalue weighted by molar-refractivity contribution is 7.89. The molecule has 0 spiro atoms. The van der Waals surface area contributed by atoms with Gasteiger partial charge in [0.1, 0.15) is 0 Å². The third-order valence-corrected chi connectivity index (χ3v) is 3.02. The summed E-state index contributed by atoms with van der Waals surface area (Å²) in [4.78, 5) is 0. The van der Waals surface area contributed by atoms with Gasteiger partial charge in [0.15, 0.2) is 0 Å². The third-order valence-electron chi connectivity index (χ3n) is 1.62. The van der Waals surface area contributed by atoms with E-state index in [9.17, 15) is 8.42 Å². The lowest BCUT2D eigenvalue weighted by Gasteiger charge is -2.07. The molecule has 0 aromatic rings. The second-order valence-electron chi connectivity index (χ2n) is 3.62. The summed E-state index contributed by atoms with van der Waals surface area (Å²) in [5.41, 5.74) is 0. The first-order valence-corrected chi connectivity index (χ1v) is 6.68. The molecule has 1 N–H and O–H groups in total. The molecule has 4 nitrogen and oxygen atoms in total. The lowest BCUT2D eigenvalue weighted by molar-refractivity contribution is 0.108. The maximum absolute atomic E-state index is 11.0. The average Bonchev–Trinajstić information content (AvgIpc) is 2.10. The fraction of sp³-hybridized carbons (Fsp3) is 1.00. The maximum atomic E-state index is 11.0. The maximum Gasteiger partial charge on any atom is 0.211 e. The van der Waals surface area contributed by atoms with Crippen LogP contribution in [0.2, 0.25) is 0 Å². The molecule has 0 atom stereocenters. The van der Waals surface area contributed by atoms with Gasteiger partial charge >= 0.3 is 0 Å². The molecule has 0 heterocycles. The molecule has 0 aromatic heterocycles. The number of ether oxygens (including phenoxy) is 1. The van der Waals surface area contributed by atoms with E-state index in [2.05, 4.69) is 18.6 Å². The summed E-state index contributed by atoms with van der Waals surface area (Å²) in [6, 6.07) is 0. The van der Waals surface area contributed by atoms with Crippen LogP contribution in [0.25, 0.3) is 0 Å². The molecular formula is C9H21NO3S. The van der Waals surface area contributed by atoms with Gasteiger partial charge in [-0.1, -0.05) is 13.8 Å². The van der Waals surface area contributed by atoms with Crippen molar-refractivity contribution < 1.29 is 13.2 Å². The Morgan fingerprint density at radius 1 is 1.36 bits per heavy atom. The van der Waals surface area contributed by atoms with Crippen LogP contribution in [-0.4, -0.2) is 33.9 Å². The first-order chi connectivity index (χ1) is 6.48. The largest absolute Gasteiger partial charge is 0.381 e. The van der Waals surface area contributed by atoms with Gasteiger partial charge in [-0.05, 0) is 19.3 Å². The van der Waals surface area contributed by atoms with Crippen molar-refractivity contribution in [1.29, 1.82) is 0 Å². The molecule has 5 heteroatoms. The van der Waals surface area contributed by atoms with Crippen molar-refractivity contribution in [3.8, 4) is 0 Å². The summed E-state index contributed by atoms with van der Waals surface area (Å²) in [6.07, 6.45) is 0.728. The van der Waals surface area contributed by atoms with Gasteiger partial charge in [0, 0.05) is 19.8 Å². The molecule has 0 radical (unpaired) electrons. The van der Waals surface area contributed by atoms with E-state index in [-0.39, 0.29) is 5.75 Å². The summed E-state index contributed by atoms with van der Waals surface area (Å²) >= 11 is 0. The Kier molecular flexibility index (Phi) is 7.13. The molecular weight excluding hydrogens is 202 g/mol. The average molecular weight is 223 g/mol. The lowest BCUT2D eigenvalue weighted by Crippen LogP contribution is -2.27. The first-order valence-electron chi connectivity index (χ1n) is 5.03. The Balaban J connectivity index is 3.31. The van der Waals surface area contributed by atoms with Crippen LogP contribution in [0.5, 0.6) is 0 Å². The second-order valence-corrected chi connectivity index (χ2v) is 5.72. The number of rotatable bonds is 8. The molecule has 0 rings (SSSR count). The first kappa shape index (κ1) is 13.9. The summed E-state index contributed by atoms with van der Waals surface area (Å²) in [5.74, 6) is 0.669. The zero-order valence-electron chi connectivity index (χ0n) is 9.25. The Hall–Kier alpha value is -0.130. The quantitative estimate of drug-likeness (QED) is 0.624. The number of hydrogen-bond donors (Lipinski definition) is 1. The van der Waals surface area contributed by atoms with Crippen molar-refractivity contribution in [3.05, 3.63) is 0 Å². The molecule has 0 amide bonds. The number of sulfonamides is 1. The van der Waals surface area contributed by atoms with Gasteiger partial charge in [-0.15, -0.1) is 0 Å². The van der Waals surface area contributed by atoms with Crippen LogP contribution in [0.4, 0.5) is 0 Å². The van der Waals surface area contributed by atoms with Crippen LogP contribution in [0.15, 0.2) is 0 Å². The normalized spacial score (nSPS) is 12.3. The van der Waals surface area contributed by atoms with E-state index in [1.807, 2.05) is 0 Å². The minimum atomic E-state index is -3.03. The van der Waals surface area contributed by atoms with Crippen molar-refractivity contribution in [2.24, 2.45) is 5.92 Å². The smallest absolute Gasteiger partial charge is 0.211 e. The molecule has 0 saturated carbocycles. The van der Waals surface area contributed by atoms with E-state index in [0.717, 1.165) is 13.0 Å². The van der Waals surface area contributed by atoms with Crippen molar-refractivity contribution in [2.75, 3.05) is 25.5 Å². The topological polar surface area (TPSA) is 55.4 Å². The van der Waals surface area contributed by atoms with Crippen molar-refractivity contribution in [3.63, 3.8) is 0 Å². The summed E-state index contributed by atoms with van der Waals surface area (Å²) < 4.78 is 29.8. The van der Waals surface area contributed by atoms with E-state index in [1.165, 1.54) is 0 Å². The van der Waals surface area contributed by atoms with Gasteiger partial charge in [-0.25, -0.2) is 13.1 Å². The van der Waals surface area contributed by atoms with Gasteiger partial charge < -0.3 is 4.74 Å². The molecule has 0 fully saturated rings. The number of nitrogens with one attached hydrogen (secondary N) is 1. The molecule has 14 heavy (non-hydrogen) atoms. The molecule has 0 aliphatic rings. The lowest BCUT2D eigenvalue weighted by atomic mass is 10.2. The van der Waals surface area contributed by atoms with E-state index in [1.54, 1.807) is 6.92 Å².